The standard InChI is InChI=1S/C20H24N4O6S/c1-13(14-6-5-7-16(10-14)22-31(27,28)21-2)24-12-15-8-9-17(29-19(25)23(3)4)11-18(15)30-20(24)26/h5-11,13,21-22H,12H2,1-4H3. The summed E-state index contributed by atoms with van der Waals surface area (Å²) in [5, 5.41) is 0. The molecule has 2 amide bonds. The summed E-state index contributed by atoms with van der Waals surface area (Å²) in [4.78, 5) is 27.2. The molecule has 0 fully saturated rings. The van der Waals surface area contributed by atoms with Gasteiger partial charge in [-0.1, -0.05) is 12.1 Å². The largest absolute Gasteiger partial charge is 0.416 e. The molecule has 1 heterocycles. The Labute approximate surface area is 180 Å². The lowest BCUT2D eigenvalue weighted by atomic mass is 10.0. The van der Waals surface area contributed by atoms with Crippen molar-refractivity contribution in [2.45, 2.75) is 19.5 Å². The second kappa shape index (κ2) is 8.82. The van der Waals surface area contributed by atoms with Gasteiger partial charge in [0.2, 0.25) is 0 Å². The number of carbonyl (C=O) groups is 2. The minimum atomic E-state index is -3.65. The van der Waals surface area contributed by atoms with E-state index in [0.717, 1.165) is 11.1 Å². The Morgan fingerprint density at radius 2 is 1.97 bits per heavy atom. The number of ether oxygens (including phenoxy) is 2. The molecule has 10 nitrogen and oxygen atoms in total. The SMILES string of the molecule is CNS(=O)(=O)Nc1cccc(C(C)N2Cc3ccc(OC(=O)N(C)C)cc3OC2=O)c1. The lowest BCUT2D eigenvalue weighted by molar-refractivity contribution is 0.119. The zero-order valence-corrected chi connectivity index (χ0v) is 18.4. The van der Waals surface area contributed by atoms with E-state index in [4.69, 9.17) is 9.47 Å². The maximum atomic E-state index is 12.6. The molecule has 166 valence electrons. The minimum Gasteiger partial charge on any atom is -0.410 e. The van der Waals surface area contributed by atoms with E-state index >= 15 is 0 Å². The number of rotatable bonds is 6. The molecule has 1 aliphatic heterocycles. The number of anilines is 1. The van der Waals surface area contributed by atoms with Crippen molar-refractivity contribution in [1.29, 1.82) is 0 Å². The predicted octanol–water partition coefficient (Wildman–Crippen LogP) is 2.70. The summed E-state index contributed by atoms with van der Waals surface area (Å²) in [5.41, 5.74) is 1.85. The summed E-state index contributed by atoms with van der Waals surface area (Å²) in [6.07, 6.45) is -1.09. The van der Waals surface area contributed by atoms with E-state index in [1.54, 1.807) is 50.5 Å². The molecule has 2 aromatic rings. The van der Waals surface area contributed by atoms with Crippen LogP contribution in [0.4, 0.5) is 15.3 Å². The van der Waals surface area contributed by atoms with Gasteiger partial charge in [-0.3, -0.25) is 9.62 Å². The van der Waals surface area contributed by atoms with E-state index in [9.17, 15) is 18.0 Å². The van der Waals surface area contributed by atoms with E-state index in [-0.39, 0.29) is 18.3 Å². The van der Waals surface area contributed by atoms with Gasteiger partial charge in [-0.2, -0.15) is 8.42 Å². The first-order valence-electron chi connectivity index (χ1n) is 9.41. The third kappa shape index (κ3) is 5.25. The Hall–Kier alpha value is -3.31. The summed E-state index contributed by atoms with van der Waals surface area (Å²) in [5.74, 6) is 0.601. The molecule has 31 heavy (non-hydrogen) atoms. The molecule has 0 saturated heterocycles. The Morgan fingerprint density at radius 3 is 2.65 bits per heavy atom. The number of hydrogen-bond acceptors (Lipinski definition) is 6. The van der Waals surface area contributed by atoms with Crippen LogP contribution in [-0.2, 0) is 16.8 Å². The summed E-state index contributed by atoms with van der Waals surface area (Å²) < 4.78 is 38.7. The fourth-order valence-electron chi connectivity index (χ4n) is 2.96. The maximum absolute atomic E-state index is 12.6. The molecule has 3 rings (SSSR count). The highest BCUT2D eigenvalue weighted by molar-refractivity contribution is 7.90. The zero-order valence-electron chi connectivity index (χ0n) is 17.6. The van der Waals surface area contributed by atoms with Crippen LogP contribution in [0.25, 0.3) is 0 Å². The minimum absolute atomic E-state index is 0.274. The summed E-state index contributed by atoms with van der Waals surface area (Å²) in [6.45, 7) is 2.11. The third-order valence-electron chi connectivity index (χ3n) is 4.74. The highest BCUT2D eigenvalue weighted by Gasteiger charge is 2.30. The van der Waals surface area contributed by atoms with Crippen LogP contribution < -0.4 is 18.9 Å². The van der Waals surface area contributed by atoms with E-state index in [1.807, 2.05) is 6.92 Å². The molecule has 2 aromatic carbocycles. The molecular weight excluding hydrogens is 424 g/mol. The Balaban J connectivity index is 1.78. The van der Waals surface area contributed by atoms with Crippen molar-refractivity contribution in [3.63, 3.8) is 0 Å². The molecule has 1 atom stereocenters. The molecular formula is C20H24N4O6S. The third-order valence-corrected chi connectivity index (χ3v) is 5.78. The molecule has 1 aliphatic rings. The van der Waals surface area contributed by atoms with Gasteiger partial charge >= 0.3 is 12.2 Å². The van der Waals surface area contributed by atoms with Crippen molar-refractivity contribution in [2.24, 2.45) is 0 Å². The molecule has 2 N–H and O–H groups in total. The average molecular weight is 449 g/mol. The highest BCUT2D eigenvalue weighted by atomic mass is 32.2. The second-order valence-corrected chi connectivity index (χ2v) is 8.76. The van der Waals surface area contributed by atoms with E-state index < -0.39 is 22.4 Å². The second-order valence-electron chi connectivity index (χ2n) is 7.14. The molecule has 0 aromatic heterocycles. The molecule has 0 radical (unpaired) electrons. The number of benzene rings is 2. The molecule has 0 aliphatic carbocycles. The zero-order chi connectivity index (χ0) is 22.8. The fourth-order valence-corrected chi connectivity index (χ4v) is 3.50. The van der Waals surface area contributed by atoms with Crippen LogP contribution in [0.1, 0.15) is 24.1 Å². The number of amides is 2. The number of fused-ring (bicyclic) bond motifs is 1. The smallest absolute Gasteiger partial charge is 0.410 e. The van der Waals surface area contributed by atoms with Crippen LogP contribution in [-0.4, -0.2) is 51.5 Å². The molecule has 0 bridgehead atoms. The van der Waals surface area contributed by atoms with Crippen molar-refractivity contribution in [3.05, 3.63) is 53.6 Å². The van der Waals surface area contributed by atoms with Crippen LogP contribution >= 0.6 is 0 Å². The summed E-state index contributed by atoms with van der Waals surface area (Å²) in [7, 11) is 0.792. The van der Waals surface area contributed by atoms with E-state index in [0.29, 0.717) is 11.4 Å². The van der Waals surface area contributed by atoms with Gasteiger partial charge in [0.1, 0.15) is 11.5 Å². The van der Waals surface area contributed by atoms with Crippen molar-refractivity contribution < 1.29 is 27.5 Å². The molecule has 0 saturated carbocycles. The first-order valence-corrected chi connectivity index (χ1v) is 10.9. The first kappa shape index (κ1) is 22.4. The Bertz CT molecular complexity index is 1100. The predicted molar refractivity (Wildman–Crippen MR) is 114 cm³/mol. The van der Waals surface area contributed by atoms with Crippen LogP contribution in [0.3, 0.4) is 0 Å². The topological polar surface area (TPSA) is 117 Å². The van der Waals surface area contributed by atoms with Gasteiger partial charge in [0.25, 0.3) is 10.2 Å². The van der Waals surface area contributed by atoms with Gasteiger partial charge in [-0.25, -0.2) is 14.3 Å². The molecule has 1 unspecified atom stereocenters. The summed E-state index contributed by atoms with van der Waals surface area (Å²) >= 11 is 0. The average Bonchev–Trinajstić information content (AvgIpc) is 2.72. The van der Waals surface area contributed by atoms with Crippen LogP contribution in [0, 0.1) is 0 Å². The highest BCUT2D eigenvalue weighted by Crippen LogP contribution is 2.34. The number of nitrogens with zero attached hydrogens (tertiary/aromatic N) is 2. The quantitative estimate of drug-likeness (QED) is 0.702. The fraction of sp³-hybridized carbons (Fsp3) is 0.300. The van der Waals surface area contributed by atoms with Crippen molar-refractivity contribution in [3.8, 4) is 11.5 Å². The van der Waals surface area contributed by atoms with Crippen molar-refractivity contribution in [1.82, 2.24) is 14.5 Å². The lowest BCUT2D eigenvalue weighted by Crippen LogP contribution is -2.38. The van der Waals surface area contributed by atoms with E-state index in [1.165, 1.54) is 22.9 Å². The Kier molecular flexibility index (Phi) is 6.37. The van der Waals surface area contributed by atoms with Crippen LogP contribution in [0.5, 0.6) is 11.5 Å². The van der Waals surface area contributed by atoms with Gasteiger partial charge in [0, 0.05) is 32.8 Å². The summed E-state index contributed by atoms with van der Waals surface area (Å²) in [6, 6.07) is 11.3. The van der Waals surface area contributed by atoms with Gasteiger partial charge in [-0.05, 0) is 36.8 Å². The van der Waals surface area contributed by atoms with E-state index in [2.05, 4.69) is 9.44 Å². The van der Waals surface area contributed by atoms with Gasteiger partial charge in [-0.15, -0.1) is 0 Å². The monoisotopic (exact) mass is 448 g/mol. The van der Waals surface area contributed by atoms with Gasteiger partial charge < -0.3 is 14.4 Å². The van der Waals surface area contributed by atoms with Gasteiger partial charge in [0.15, 0.2) is 0 Å². The lowest BCUT2D eigenvalue weighted by Gasteiger charge is -2.33. The van der Waals surface area contributed by atoms with Gasteiger partial charge in [0.05, 0.1) is 18.3 Å². The van der Waals surface area contributed by atoms with Crippen molar-refractivity contribution in [2.75, 3.05) is 25.9 Å². The maximum Gasteiger partial charge on any atom is 0.416 e. The van der Waals surface area contributed by atoms with Crippen LogP contribution in [0.2, 0.25) is 0 Å². The number of carbonyl (C=O) groups excluding carboxylic acids is 2. The molecule has 11 heteroatoms. The first-order chi connectivity index (χ1) is 14.6. The number of hydrogen-bond donors (Lipinski definition) is 2. The number of nitrogens with one attached hydrogen (secondary N) is 2. The van der Waals surface area contributed by atoms with Crippen LogP contribution in [0.15, 0.2) is 42.5 Å². The Morgan fingerprint density at radius 1 is 1.23 bits per heavy atom. The molecule has 0 spiro atoms. The van der Waals surface area contributed by atoms with Crippen molar-refractivity contribution >= 4 is 28.1 Å². The normalized spacial score (nSPS) is 14.3.